The molecule has 2 aliphatic rings. The molecule has 9 nitrogen and oxygen atoms in total. The van der Waals surface area contributed by atoms with Crippen molar-refractivity contribution in [2.24, 2.45) is 10.7 Å². The number of benzene rings is 2. The van der Waals surface area contributed by atoms with Crippen molar-refractivity contribution in [3.63, 3.8) is 0 Å². The molecule has 182 valence electrons. The van der Waals surface area contributed by atoms with Crippen LogP contribution in [0.5, 0.6) is 0 Å². The largest absolute Gasteiger partial charge is 0.467 e. The molecule has 0 unspecified atom stereocenters. The van der Waals surface area contributed by atoms with Crippen LogP contribution in [0.25, 0.3) is 17.2 Å². The first-order valence-corrected chi connectivity index (χ1v) is 11.5. The number of esters is 1. The van der Waals surface area contributed by atoms with Gasteiger partial charge in [-0.15, -0.1) is 0 Å². The van der Waals surface area contributed by atoms with Crippen LogP contribution >= 0.6 is 0 Å². The molecule has 2 amide bonds. The van der Waals surface area contributed by atoms with Gasteiger partial charge in [-0.2, -0.15) is 0 Å². The van der Waals surface area contributed by atoms with E-state index in [2.05, 4.69) is 10.5 Å². The highest BCUT2D eigenvalue weighted by atomic mass is 16.6. The van der Waals surface area contributed by atoms with Crippen LogP contribution in [0.1, 0.15) is 42.1 Å². The van der Waals surface area contributed by atoms with Crippen molar-refractivity contribution in [2.45, 2.75) is 32.2 Å². The number of hydroxylamine groups is 1. The summed E-state index contributed by atoms with van der Waals surface area (Å²) in [5.74, 6) is -0.600. The van der Waals surface area contributed by atoms with Gasteiger partial charge in [0.25, 0.3) is 11.8 Å². The molecule has 0 spiro atoms. The zero-order chi connectivity index (χ0) is 24.9. The summed E-state index contributed by atoms with van der Waals surface area (Å²) < 4.78 is 4.84. The summed E-state index contributed by atoms with van der Waals surface area (Å²) in [6, 6.07) is 12.4. The molecule has 35 heavy (non-hydrogen) atoms. The number of fused-ring (bicyclic) bond motifs is 1. The second-order valence-electron chi connectivity index (χ2n) is 8.34. The van der Waals surface area contributed by atoms with Crippen LogP contribution in [0.4, 0.5) is 5.69 Å². The molecular formula is C26H28N4O5. The number of rotatable bonds is 6. The number of ether oxygens (including phenoxy) is 1. The number of carbonyl (C=O) groups excluding carboxylic acids is 3. The predicted molar refractivity (Wildman–Crippen MR) is 132 cm³/mol. The minimum Gasteiger partial charge on any atom is -0.467 e. The third-order valence-corrected chi connectivity index (χ3v) is 6.05. The Morgan fingerprint density at radius 3 is 2.60 bits per heavy atom. The summed E-state index contributed by atoms with van der Waals surface area (Å²) in [6.45, 7) is 2.67. The Morgan fingerprint density at radius 1 is 1.14 bits per heavy atom. The quantitative estimate of drug-likeness (QED) is 0.488. The first kappa shape index (κ1) is 24.2. The summed E-state index contributed by atoms with van der Waals surface area (Å²) in [5.41, 5.74) is 12.6. The number of amides is 2. The Labute approximate surface area is 203 Å². The topological polar surface area (TPSA) is 123 Å². The van der Waals surface area contributed by atoms with E-state index in [-0.39, 0.29) is 24.2 Å². The van der Waals surface area contributed by atoms with Gasteiger partial charge in [0.2, 0.25) is 0 Å². The van der Waals surface area contributed by atoms with E-state index >= 15 is 0 Å². The Hall–Kier alpha value is -3.98. The van der Waals surface area contributed by atoms with Crippen LogP contribution in [0.15, 0.2) is 53.0 Å². The molecule has 4 rings (SSSR count). The molecule has 3 N–H and O–H groups in total. The van der Waals surface area contributed by atoms with E-state index in [1.807, 2.05) is 30.3 Å². The number of hydrogen-bond donors (Lipinski definition) is 2. The molecule has 0 aromatic heterocycles. The van der Waals surface area contributed by atoms with Gasteiger partial charge in [-0.05, 0) is 55.2 Å². The number of aliphatic imine (C=N–C) groups is 1. The molecule has 1 fully saturated rings. The van der Waals surface area contributed by atoms with Gasteiger partial charge in [0, 0.05) is 29.7 Å². The molecule has 0 radical (unpaired) electrons. The third-order valence-electron chi connectivity index (χ3n) is 6.05. The smallest absolute Gasteiger partial charge is 0.328 e. The first-order valence-electron chi connectivity index (χ1n) is 11.5. The average Bonchev–Trinajstić information content (AvgIpc) is 3.30. The molecule has 9 heteroatoms. The van der Waals surface area contributed by atoms with E-state index in [0.29, 0.717) is 42.2 Å². The lowest BCUT2D eigenvalue weighted by atomic mass is 10.00. The fraction of sp³-hybridized carbons (Fsp3) is 0.308. The fourth-order valence-electron chi connectivity index (χ4n) is 4.28. The van der Waals surface area contributed by atoms with E-state index in [0.717, 1.165) is 23.1 Å². The molecule has 0 saturated carbocycles. The van der Waals surface area contributed by atoms with Crippen LogP contribution in [-0.4, -0.2) is 54.8 Å². The van der Waals surface area contributed by atoms with Crippen LogP contribution in [0.3, 0.4) is 0 Å². The van der Waals surface area contributed by atoms with Crippen molar-refractivity contribution in [2.75, 3.05) is 20.3 Å². The summed E-state index contributed by atoms with van der Waals surface area (Å²) in [5, 5.41) is 0. The monoisotopic (exact) mass is 476 g/mol. The highest BCUT2D eigenvalue weighted by Gasteiger charge is 2.35. The maximum Gasteiger partial charge on any atom is 0.328 e. The van der Waals surface area contributed by atoms with Crippen molar-refractivity contribution in [1.29, 1.82) is 0 Å². The zero-order valence-corrected chi connectivity index (χ0v) is 19.7. The maximum atomic E-state index is 13.0. The summed E-state index contributed by atoms with van der Waals surface area (Å²) >= 11 is 0. The van der Waals surface area contributed by atoms with Crippen molar-refractivity contribution >= 4 is 35.4 Å². The van der Waals surface area contributed by atoms with E-state index in [9.17, 15) is 14.4 Å². The van der Waals surface area contributed by atoms with Gasteiger partial charge in [0.1, 0.15) is 11.9 Å². The standard InChI is InChI=1S/C26H28N4O5/c1-3-35-29-24(31)20-13-19-11-10-18(14-21(19)28-23(27)15-20)16-6-8-17(9-7-16)25(32)30-12-4-5-22(30)26(33)34-2/h6-11,13-14,22H,3-5,12,15H2,1-2H3,(H2,27,28)(H,29,31)/t22-/m1/s1. The molecule has 2 aliphatic heterocycles. The number of nitrogens with one attached hydrogen (secondary N) is 1. The third kappa shape index (κ3) is 5.25. The van der Waals surface area contributed by atoms with E-state index in [1.54, 1.807) is 30.0 Å². The fourth-order valence-corrected chi connectivity index (χ4v) is 4.28. The Kier molecular flexibility index (Phi) is 7.26. The van der Waals surface area contributed by atoms with Gasteiger partial charge in [0.05, 0.1) is 19.4 Å². The van der Waals surface area contributed by atoms with Crippen molar-refractivity contribution < 1.29 is 24.0 Å². The van der Waals surface area contributed by atoms with Crippen LogP contribution in [-0.2, 0) is 19.2 Å². The normalized spacial score (nSPS) is 17.1. The van der Waals surface area contributed by atoms with Crippen LogP contribution in [0.2, 0.25) is 0 Å². The van der Waals surface area contributed by atoms with E-state index in [4.69, 9.17) is 15.3 Å². The number of carbonyl (C=O) groups is 3. The van der Waals surface area contributed by atoms with Crippen molar-refractivity contribution in [3.05, 3.63) is 59.2 Å². The Morgan fingerprint density at radius 2 is 1.89 bits per heavy atom. The van der Waals surface area contributed by atoms with E-state index in [1.165, 1.54) is 7.11 Å². The van der Waals surface area contributed by atoms with Crippen molar-refractivity contribution in [3.8, 4) is 11.1 Å². The van der Waals surface area contributed by atoms with Gasteiger partial charge >= 0.3 is 5.97 Å². The molecule has 1 saturated heterocycles. The molecule has 2 aromatic rings. The number of methoxy groups -OCH3 is 1. The summed E-state index contributed by atoms with van der Waals surface area (Å²) in [4.78, 5) is 48.4. The number of nitrogens with zero attached hydrogens (tertiary/aromatic N) is 2. The van der Waals surface area contributed by atoms with E-state index < -0.39 is 6.04 Å². The van der Waals surface area contributed by atoms with Gasteiger partial charge in [-0.3, -0.25) is 14.4 Å². The molecule has 0 aliphatic carbocycles. The minimum absolute atomic E-state index is 0.188. The van der Waals surface area contributed by atoms with Gasteiger partial charge in [-0.25, -0.2) is 15.3 Å². The summed E-state index contributed by atoms with van der Waals surface area (Å²) in [6.07, 6.45) is 3.35. The zero-order valence-electron chi connectivity index (χ0n) is 19.7. The Balaban J connectivity index is 1.56. The summed E-state index contributed by atoms with van der Waals surface area (Å²) in [7, 11) is 1.34. The first-order chi connectivity index (χ1) is 16.9. The molecular weight excluding hydrogens is 448 g/mol. The second-order valence-corrected chi connectivity index (χ2v) is 8.34. The number of amidine groups is 1. The number of hydrogen-bond acceptors (Lipinski definition) is 7. The SMILES string of the molecule is CCONC(=O)C1=Cc2ccc(-c3ccc(C(=O)N4CCC[C@@H]4C(=O)OC)cc3)cc2N=C(N)C1. The number of likely N-dealkylation sites (tertiary alicyclic amines) is 1. The highest BCUT2D eigenvalue weighted by molar-refractivity contribution is 6.05. The van der Waals surface area contributed by atoms with Crippen LogP contribution in [0, 0.1) is 0 Å². The Bertz CT molecular complexity index is 1200. The lowest BCUT2D eigenvalue weighted by molar-refractivity contribution is -0.145. The molecule has 1 atom stereocenters. The minimum atomic E-state index is -0.534. The molecule has 2 aromatic carbocycles. The van der Waals surface area contributed by atoms with Crippen molar-refractivity contribution in [1.82, 2.24) is 10.4 Å². The van der Waals surface area contributed by atoms with Gasteiger partial charge in [0.15, 0.2) is 0 Å². The maximum absolute atomic E-state index is 13.0. The highest BCUT2D eigenvalue weighted by Crippen LogP contribution is 2.32. The average molecular weight is 477 g/mol. The second kappa shape index (κ2) is 10.5. The number of nitrogens with two attached hydrogens (primary N) is 1. The predicted octanol–water partition coefficient (Wildman–Crippen LogP) is 2.97. The molecule has 0 bridgehead atoms. The lowest BCUT2D eigenvalue weighted by Gasteiger charge is -2.22. The van der Waals surface area contributed by atoms with Gasteiger partial charge < -0.3 is 15.4 Å². The lowest BCUT2D eigenvalue weighted by Crippen LogP contribution is -2.41. The van der Waals surface area contributed by atoms with Gasteiger partial charge in [-0.1, -0.05) is 24.3 Å². The molecule has 2 heterocycles. The van der Waals surface area contributed by atoms with Crippen LogP contribution < -0.4 is 11.2 Å².